The molecule has 0 fully saturated rings. The van der Waals surface area contributed by atoms with Crippen LogP contribution in [0.2, 0.25) is 0 Å². The van der Waals surface area contributed by atoms with Gasteiger partial charge in [0.25, 0.3) is 0 Å². The van der Waals surface area contributed by atoms with E-state index >= 15 is 0 Å². The maximum atomic E-state index is 10.6. The molecule has 0 aromatic carbocycles. The van der Waals surface area contributed by atoms with Gasteiger partial charge in [-0.25, -0.2) is 0 Å². The van der Waals surface area contributed by atoms with Gasteiger partial charge in [-0.15, -0.1) is 13.2 Å². The third kappa shape index (κ3) is 11.2. The SMILES string of the molecule is N=[S+]C(F)(F)F.[K]. The third-order valence-electron chi connectivity index (χ3n) is 0.116. The minimum Gasteiger partial charge on any atom is -0.112 e. The Labute approximate surface area is 85.0 Å². The van der Waals surface area contributed by atoms with Crippen molar-refractivity contribution in [3.8, 4) is 0 Å². The topological polar surface area (TPSA) is 23.9 Å². The van der Waals surface area contributed by atoms with Gasteiger partial charge in [-0.1, -0.05) is 0 Å². The Kier molecular flexibility index (Phi) is 6.98. The van der Waals surface area contributed by atoms with Crippen molar-refractivity contribution < 1.29 is 13.2 Å². The predicted molar refractivity (Wildman–Crippen MR) is 21.9 cm³/mol. The van der Waals surface area contributed by atoms with Crippen LogP contribution in [0.15, 0.2) is 0 Å². The van der Waals surface area contributed by atoms with Crippen LogP contribution in [0.1, 0.15) is 0 Å². The Balaban J connectivity index is 0. The van der Waals surface area contributed by atoms with Gasteiger partial charge in [-0.3, -0.25) is 0 Å². The Morgan fingerprint density at radius 3 is 1.43 bits per heavy atom. The Bertz CT molecular complexity index is 60.4. The third-order valence-corrected chi connectivity index (χ3v) is 0.347. The molecule has 0 amide bonds. The summed E-state index contributed by atoms with van der Waals surface area (Å²) in [6.07, 6.45) is 0. The van der Waals surface area contributed by atoms with Crippen molar-refractivity contribution in [2.45, 2.75) is 5.51 Å². The van der Waals surface area contributed by atoms with Crippen LogP contribution in [0, 0.1) is 4.78 Å². The quantitative estimate of drug-likeness (QED) is 0.398. The number of hydrogen-bond donors (Lipinski definition) is 1. The van der Waals surface area contributed by atoms with Crippen molar-refractivity contribution in [1.82, 2.24) is 0 Å². The fraction of sp³-hybridized carbons (Fsp3) is 1.00. The first-order valence-electron chi connectivity index (χ1n) is 0.975. The molecule has 1 radical (unpaired) electrons. The summed E-state index contributed by atoms with van der Waals surface area (Å²) < 4.78 is 37.3. The summed E-state index contributed by atoms with van der Waals surface area (Å²) in [7, 11) is 0. The Morgan fingerprint density at radius 2 is 1.43 bits per heavy atom. The first kappa shape index (κ1) is 11.3. The van der Waals surface area contributed by atoms with Crippen molar-refractivity contribution in [2.24, 2.45) is 0 Å². The molecule has 0 spiro atoms. The van der Waals surface area contributed by atoms with Crippen molar-refractivity contribution in [1.29, 1.82) is 4.78 Å². The van der Waals surface area contributed by atoms with Gasteiger partial charge in [0.2, 0.25) is 0 Å². The summed E-state index contributed by atoms with van der Waals surface area (Å²) in [6.45, 7) is 0. The predicted octanol–water partition coefficient (Wildman–Crippen LogP) is 0.970. The summed E-state index contributed by atoms with van der Waals surface area (Å²) in [6, 6.07) is 0. The van der Waals surface area contributed by atoms with Crippen molar-refractivity contribution >= 4 is 62.9 Å². The van der Waals surface area contributed by atoms with E-state index in [1.54, 1.807) is 0 Å². The molecule has 7 heavy (non-hydrogen) atoms. The van der Waals surface area contributed by atoms with E-state index in [2.05, 4.69) is 0 Å². The fourth-order valence-electron chi connectivity index (χ4n) is 0. The maximum Gasteiger partial charge on any atom is 0.673 e. The largest absolute Gasteiger partial charge is 0.673 e. The molecule has 0 heterocycles. The molecular formula is CHF3KNS+. The van der Waals surface area contributed by atoms with E-state index in [0.29, 0.717) is 0 Å². The molecule has 0 aliphatic rings. The summed E-state index contributed by atoms with van der Waals surface area (Å²) in [5, 5.41) is 0. The first-order valence-corrected chi connectivity index (χ1v) is 1.79. The Morgan fingerprint density at radius 1 is 1.29 bits per heavy atom. The molecular weight excluding hydrogens is 154 g/mol. The monoisotopic (exact) mass is 155 g/mol. The van der Waals surface area contributed by atoms with Crippen LogP contribution in [0.4, 0.5) is 13.2 Å². The average Bonchev–Trinajstić information content (AvgIpc) is 1.35. The molecule has 0 aliphatic carbocycles. The van der Waals surface area contributed by atoms with Gasteiger partial charge in [0.15, 0.2) is 0 Å². The van der Waals surface area contributed by atoms with Crippen LogP contribution in [0.3, 0.4) is 0 Å². The van der Waals surface area contributed by atoms with Crippen LogP contribution in [-0.2, 0) is 11.6 Å². The summed E-state index contributed by atoms with van der Waals surface area (Å²) in [5.74, 6) is 0. The second kappa shape index (κ2) is 4.34. The van der Waals surface area contributed by atoms with Crippen molar-refractivity contribution in [3.63, 3.8) is 0 Å². The smallest absolute Gasteiger partial charge is 0.112 e. The average molecular weight is 155 g/mol. The summed E-state index contributed by atoms with van der Waals surface area (Å²) in [4.78, 5) is 0. The standard InChI is InChI=1S/CHF3NS.K/c2-1(3,4)6-5;/h5H;/q+1;. The van der Waals surface area contributed by atoms with Crippen LogP contribution < -0.4 is 0 Å². The first-order chi connectivity index (χ1) is 2.56. The normalized spacial score (nSPS) is 9.57. The van der Waals surface area contributed by atoms with E-state index in [9.17, 15) is 13.2 Å². The molecule has 0 unspecified atom stereocenters. The summed E-state index contributed by atoms with van der Waals surface area (Å²) >= 11 is -0.868. The molecule has 0 bridgehead atoms. The second-order valence-electron chi connectivity index (χ2n) is 0.548. The number of hydrogen-bond acceptors (Lipinski definition) is 1. The van der Waals surface area contributed by atoms with Gasteiger partial charge in [0.1, 0.15) is 0 Å². The van der Waals surface area contributed by atoms with E-state index in [0.717, 1.165) is 0 Å². The van der Waals surface area contributed by atoms with Gasteiger partial charge in [-0.05, 0) is 4.78 Å². The molecule has 0 rings (SSSR count). The molecule has 1 nitrogen and oxygen atoms in total. The van der Waals surface area contributed by atoms with Crippen LogP contribution in [0.25, 0.3) is 0 Å². The number of halogens is 3. The Hall–Kier alpha value is 1.45. The zero-order chi connectivity index (χ0) is 5.21. The van der Waals surface area contributed by atoms with E-state index < -0.39 is 17.1 Å². The van der Waals surface area contributed by atoms with E-state index in [4.69, 9.17) is 4.78 Å². The van der Waals surface area contributed by atoms with Crippen LogP contribution in [0.5, 0.6) is 0 Å². The maximum absolute atomic E-state index is 10.6. The van der Waals surface area contributed by atoms with Gasteiger partial charge in [0, 0.05) is 51.4 Å². The van der Waals surface area contributed by atoms with Crippen molar-refractivity contribution in [3.05, 3.63) is 0 Å². The minimum atomic E-state index is -4.38. The molecule has 0 saturated heterocycles. The molecule has 1 N–H and O–H groups in total. The van der Waals surface area contributed by atoms with Crippen LogP contribution >= 0.6 is 0 Å². The fourth-order valence-corrected chi connectivity index (χ4v) is 0. The van der Waals surface area contributed by atoms with E-state index in [1.807, 2.05) is 0 Å². The molecule has 6 heteroatoms. The molecule has 0 aliphatic heterocycles. The molecule has 0 saturated carbocycles. The molecule has 0 atom stereocenters. The number of rotatable bonds is 0. The molecule has 37 valence electrons. The second-order valence-corrected chi connectivity index (χ2v) is 1.21. The van der Waals surface area contributed by atoms with Gasteiger partial charge < -0.3 is 0 Å². The van der Waals surface area contributed by atoms with E-state index in [1.165, 1.54) is 0 Å². The molecule has 0 aromatic rings. The zero-order valence-electron chi connectivity index (χ0n) is 3.54. The van der Waals surface area contributed by atoms with Gasteiger partial charge in [0.05, 0.1) is 0 Å². The van der Waals surface area contributed by atoms with E-state index in [-0.39, 0.29) is 51.4 Å². The van der Waals surface area contributed by atoms with Crippen molar-refractivity contribution in [2.75, 3.05) is 0 Å². The zero-order valence-corrected chi connectivity index (χ0v) is 7.48. The summed E-state index contributed by atoms with van der Waals surface area (Å²) in [5.41, 5.74) is -4.38. The molecule has 0 aromatic heterocycles. The number of alkyl halides is 3. The van der Waals surface area contributed by atoms with Gasteiger partial charge in [-0.2, -0.15) is 0 Å². The van der Waals surface area contributed by atoms with Crippen LogP contribution in [-0.4, -0.2) is 56.9 Å². The van der Waals surface area contributed by atoms with Gasteiger partial charge >= 0.3 is 17.1 Å². The number of nitrogens with one attached hydrogen (secondary N) is 1. The minimum absolute atomic E-state index is 0.